The fraction of sp³-hybridized carbons (Fsp3) is 0.939. The van der Waals surface area contributed by atoms with Crippen LogP contribution in [0, 0.1) is 23.7 Å². The molecule has 0 atom stereocenters. The largest absolute Gasteiger partial charge is 0.294 e. The van der Waals surface area contributed by atoms with Crippen LogP contribution >= 0.6 is 0 Å². The van der Waals surface area contributed by atoms with E-state index in [-0.39, 0.29) is 0 Å². The molecule has 0 spiro atoms. The molecule has 0 aromatic rings. The number of hydrogen-bond acceptors (Lipinski definition) is 1. The van der Waals surface area contributed by atoms with E-state index in [1.807, 2.05) is 5.57 Å². The predicted molar refractivity (Wildman–Crippen MR) is 147 cm³/mol. The highest BCUT2D eigenvalue weighted by Crippen LogP contribution is 2.43. The third-order valence-corrected chi connectivity index (χ3v) is 11.1. The highest BCUT2D eigenvalue weighted by atomic mass is 15.2. The van der Waals surface area contributed by atoms with Crippen LogP contribution in [0.3, 0.4) is 0 Å². The van der Waals surface area contributed by atoms with Gasteiger partial charge in [-0.05, 0) is 114 Å². The highest BCUT2D eigenvalue weighted by molar-refractivity contribution is 5.15. The lowest BCUT2D eigenvalue weighted by Gasteiger charge is -2.48. The molecule has 0 radical (unpaired) electrons. The lowest BCUT2D eigenvalue weighted by atomic mass is 9.71. The van der Waals surface area contributed by atoms with Gasteiger partial charge in [-0.3, -0.25) is 4.90 Å². The maximum atomic E-state index is 3.17. The fourth-order valence-electron chi connectivity index (χ4n) is 9.13. The summed E-state index contributed by atoms with van der Waals surface area (Å²) >= 11 is 0. The van der Waals surface area contributed by atoms with Crippen LogP contribution in [-0.2, 0) is 0 Å². The summed E-state index contributed by atoms with van der Waals surface area (Å²) in [6, 6.07) is 2.74. The molecule has 5 aliphatic rings. The molecule has 0 amide bonds. The predicted octanol–water partition coefficient (Wildman–Crippen LogP) is 9.85. The van der Waals surface area contributed by atoms with Crippen molar-refractivity contribution in [3.05, 3.63) is 11.6 Å². The standard InChI is InChI=1S/C33H57N/c1-26-17-21-31(22-18-26)34(30-15-9-4-10-16-30)32-23-19-27(20-24-32)25-33(28-11-5-2-6-12-28)29-13-7-3-8-14-29/h25-32H,2-24H2,1H3. The van der Waals surface area contributed by atoms with Gasteiger partial charge in [-0.2, -0.15) is 0 Å². The third kappa shape index (κ3) is 6.52. The van der Waals surface area contributed by atoms with E-state index >= 15 is 0 Å². The molecule has 0 unspecified atom stereocenters. The van der Waals surface area contributed by atoms with Gasteiger partial charge in [-0.15, -0.1) is 0 Å². The molecule has 5 saturated carbocycles. The summed E-state index contributed by atoms with van der Waals surface area (Å²) in [5.41, 5.74) is 1.98. The molecule has 0 aliphatic heterocycles. The smallest absolute Gasteiger partial charge is 0.0102 e. The summed E-state index contributed by atoms with van der Waals surface area (Å²) in [5.74, 6) is 3.79. The maximum absolute atomic E-state index is 3.17. The van der Waals surface area contributed by atoms with Crippen LogP contribution in [0.1, 0.15) is 155 Å². The first-order valence-corrected chi connectivity index (χ1v) is 16.3. The van der Waals surface area contributed by atoms with Gasteiger partial charge in [0.2, 0.25) is 0 Å². The Bertz CT molecular complexity index is 582. The van der Waals surface area contributed by atoms with E-state index < -0.39 is 0 Å². The van der Waals surface area contributed by atoms with Crippen LogP contribution in [0.15, 0.2) is 11.6 Å². The number of hydrogen-bond donors (Lipinski definition) is 0. The average molecular weight is 468 g/mol. The molecule has 1 heteroatoms. The Hall–Kier alpha value is -0.300. The number of allylic oxidation sites excluding steroid dienone is 2. The van der Waals surface area contributed by atoms with Crippen LogP contribution in [0.4, 0.5) is 0 Å². The Balaban J connectivity index is 1.24. The molecule has 0 bridgehead atoms. The second kappa shape index (κ2) is 12.8. The van der Waals surface area contributed by atoms with Crippen molar-refractivity contribution < 1.29 is 0 Å². The van der Waals surface area contributed by atoms with Crippen molar-refractivity contribution in [3.8, 4) is 0 Å². The first kappa shape index (κ1) is 25.4. The lowest BCUT2D eigenvalue weighted by Crippen LogP contribution is -2.52. The van der Waals surface area contributed by atoms with Gasteiger partial charge in [-0.1, -0.05) is 76.4 Å². The molecular weight excluding hydrogens is 410 g/mol. The van der Waals surface area contributed by atoms with E-state index in [4.69, 9.17) is 0 Å². The van der Waals surface area contributed by atoms with E-state index in [2.05, 4.69) is 17.9 Å². The monoisotopic (exact) mass is 467 g/mol. The molecule has 0 N–H and O–H groups in total. The Morgan fingerprint density at radius 2 is 0.882 bits per heavy atom. The molecule has 34 heavy (non-hydrogen) atoms. The van der Waals surface area contributed by atoms with Crippen molar-refractivity contribution in [3.63, 3.8) is 0 Å². The summed E-state index contributed by atoms with van der Waals surface area (Å²) in [7, 11) is 0. The van der Waals surface area contributed by atoms with Gasteiger partial charge < -0.3 is 0 Å². The van der Waals surface area contributed by atoms with Gasteiger partial charge in [0.25, 0.3) is 0 Å². The van der Waals surface area contributed by atoms with E-state index in [1.54, 1.807) is 0 Å². The Kier molecular flexibility index (Phi) is 9.53. The van der Waals surface area contributed by atoms with E-state index in [9.17, 15) is 0 Å². The number of nitrogens with zero attached hydrogens (tertiary/aromatic N) is 1. The molecule has 0 saturated heterocycles. The van der Waals surface area contributed by atoms with Gasteiger partial charge >= 0.3 is 0 Å². The van der Waals surface area contributed by atoms with Crippen LogP contribution < -0.4 is 0 Å². The van der Waals surface area contributed by atoms with E-state index in [0.717, 1.165) is 41.8 Å². The molecule has 0 aromatic heterocycles. The van der Waals surface area contributed by atoms with E-state index in [1.165, 1.54) is 148 Å². The summed E-state index contributed by atoms with van der Waals surface area (Å²) in [6.45, 7) is 2.49. The fourth-order valence-corrected chi connectivity index (χ4v) is 9.13. The van der Waals surface area contributed by atoms with Crippen molar-refractivity contribution in [2.45, 2.75) is 173 Å². The van der Waals surface area contributed by atoms with Gasteiger partial charge in [0, 0.05) is 18.1 Å². The van der Waals surface area contributed by atoms with Crippen LogP contribution in [0.2, 0.25) is 0 Å². The van der Waals surface area contributed by atoms with E-state index in [0.29, 0.717) is 0 Å². The molecule has 5 fully saturated rings. The molecule has 5 rings (SSSR count). The van der Waals surface area contributed by atoms with Crippen LogP contribution in [-0.4, -0.2) is 23.0 Å². The Labute approximate surface area is 212 Å². The SMILES string of the molecule is CC1CCC(N(C2CCCCC2)C2CCC(C=C(C3CCCCC3)C3CCCCC3)CC2)CC1. The first-order chi connectivity index (χ1) is 16.8. The quantitative estimate of drug-likeness (QED) is 0.351. The van der Waals surface area contributed by atoms with Crippen molar-refractivity contribution in [1.29, 1.82) is 0 Å². The second-order valence-corrected chi connectivity index (χ2v) is 13.6. The minimum absolute atomic E-state index is 0.898. The van der Waals surface area contributed by atoms with Gasteiger partial charge in [-0.25, -0.2) is 0 Å². The molecule has 194 valence electrons. The lowest BCUT2D eigenvalue weighted by molar-refractivity contribution is 0.0129. The van der Waals surface area contributed by atoms with Gasteiger partial charge in [0.1, 0.15) is 0 Å². The molecule has 1 nitrogen and oxygen atoms in total. The summed E-state index contributed by atoms with van der Waals surface area (Å²) < 4.78 is 0. The first-order valence-electron chi connectivity index (χ1n) is 16.3. The summed E-state index contributed by atoms with van der Waals surface area (Å²) in [6.07, 6.45) is 37.3. The number of rotatable bonds is 6. The second-order valence-electron chi connectivity index (χ2n) is 13.6. The summed E-state index contributed by atoms with van der Waals surface area (Å²) in [4.78, 5) is 3.17. The maximum Gasteiger partial charge on any atom is 0.0102 e. The molecule has 0 aromatic carbocycles. The van der Waals surface area contributed by atoms with Crippen molar-refractivity contribution in [2.24, 2.45) is 23.7 Å². The van der Waals surface area contributed by atoms with Crippen molar-refractivity contribution in [2.75, 3.05) is 0 Å². The topological polar surface area (TPSA) is 3.24 Å². The van der Waals surface area contributed by atoms with Crippen molar-refractivity contribution >= 4 is 0 Å². The zero-order valence-corrected chi connectivity index (χ0v) is 22.8. The molecule has 5 aliphatic carbocycles. The van der Waals surface area contributed by atoms with Gasteiger partial charge in [0.15, 0.2) is 0 Å². The zero-order valence-electron chi connectivity index (χ0n) is 22.8. The third-order valence-electron chi connectivity index (χ3n) is 11.1. The summed E-state index contributed by atoms with van der Waals surface area (Å²) in [5, 5.41) is 0. The Morgan fingerprint density at radius 1 is 0.471 bits per heavy atom. The van der Waals surface area contributed by atoms with Crippen molar-refractivity contribution in [1.82, 2.24) is 4.90 Å². The normalized spacial score (nSPS) is 35.4. The minimum atomic E-state index is 0.898. The molecule has 0 heterocycles. The molecular formula is C33H57N. The minimum Gasteiger partial charge on any atom is -0.294 e. The van der Waals surface area contributed by atoms with Gasteiger partial charge in [0.05, 0.1) is 0 Å². The zero-order chi connectivity index (χ0) is 23.2. The Morgan fingerprint density at radius 3 is 1.38 bits per heavy atom. The highest BCUT2D eigenvalue weighted by Gasteiger charge is 2.37. The van der Waals surface area contributed by atoms with Crippen LogP contribution in [0.5, 0.6) is 0 Å². The average Bonchev–Trinajstić information content (AvgIpc) is 2.91. The van der Waals surface area contributed by atoms with Crippen LogP contribution in [0.25, 0.3) is 0 Å².